The van der Waals surface area contributed by atoms with Crippen molar-refractivity contribution in [3.63, 3.8) is 0 Å². The average molecular weight is 445 g/mol. The second-order valence-corrected chi connectivity index (χ2v) is 6.75. The summed E-state index contributed by atoms with van der Waals surface area (Å²) in [6, 6.07) is 9.36. The number of aryl methyl sites for hydroxylation is 1. The normalized spacial score (nSPS) is 11.4. The van der Waals surface area contributed by atoms with Gasteiger partial charge in [-0.1, -0.05) is 40.5 Å². The van der Waals surface area contributed by atoms with Gasteiger partial charge in [-0.3, -0.25) is 4.79 Å². The first-order chi connectivity index (χ1) is 13.7. The smallest absolute Gasteiger partial charge is 0.416 e. The van der Waals surface area contributed by atoms with Crippen molar-refractivity contribution >= 4 is 34.8 Å². The number of para-hydroxylation sites is 1. The summed E-state index contributed by atoms with van der Waals surface area (Å²) in [6.07, 6.45) is -4.58. The van der Waals surface area contributed by atoms with Crippen molar-refractivity contribution in [2.75, 3.05) is 5.32 Å². The third kappa shape index (κ3) is 4.83. The number of rotatable bonds is 5. The maximum atomic E-state index is 12.9. The Kier molecular flexibility index (Phi) is 6.04. The number of halogens is 5. The molecule has 0 fully saturated rings. The number of carbonyl (C=O) groups is 1. The summed E-state index contributed by atoms with van der Waals surface area (Å²) in [5, 5.41) is 6.33. The molecule has 10 heteroatoms. The lowest BCUT2D eigenvalue weighted by atomic mass is 10.1. The van der Waals surface area contributed by atoms with Crippen molar-refractivity contribution in [1.82, 2.24) is 5.16 Å². The molecule has 1 amide bonds. The molecule has 0 aliphatic heterocycles. The van der Waals surface area contributed by atoms with Crippen molar-refractivity contribution in [1.29, 1.82) is 0 Å². The minimum absolute atomic E-state index is 0.0552. The van der Waals surface area contributed by atoms with Crippen molar-refractivity contribution in [2.24, 2.45) is 0 Å². The lowest BCUT2D eigenvalue weighted by Crippen LogP contribution is -2.16. The first-order valence-corrected chi connectivity index (χ1v) is 8.93. The van der Waals surface area contributed by atoms with E-state index in [4.69, 9.17) is 32.5 Å². The minimum atomic E-state index is -4.58. The zero-order chi connectivity index (χ0) is 21.2. The van der Waals surface area contributed by atoms with E-state index < -0.39 is 17.6 Å². The highest BCUT2D eigenvalue weighted by molar-refractivity contribution is 6.34. The molecule has 1 aromatic heterocycles. The number of ether oxygens (including phenoxy) is 1. The monoisotopic (exact) mass is 444 g/mol. The molecular formula is C19H13Cl2F3N2O3. The van der Waals surface area contributed by atoms with Crippen LogP contribution in [0.5, 0.6) is 5.75 Å². The van der Waals surface area contributed by atoms with Crippen LogP contribution in [0.25, 0.3) is 0 Å². The molecule has 1 heterocycles. The Morgan fingerprint density at radius 1 is 1.17 bits per heavy atom. The van der Waals surface area contributed by atoms with Gasteiger partial charge in [0.15, 0.2) is 5.69 Å². The van der Waals surface area contributed by atoms with Gasteiger partial charge in [-0.2, -0.15) is 13.2 Å². The van der Waals surface area contributed by atoms with E-state index in [9.17, 15) is 18.0 Å². The number of alkyl halides is 3. The molecule has 3 rings (SSSR count). The van der Waals surface area contributed by atoms with E-state index in [1.54, 1.807) is 31.2 Å². The Morgan fingerprint density at radius 3 is 2.59 bits per heavy atom. The molecule has 2 aromatic carbocycles. The van der Waals surface area contributed by atoms with Crippen molar-refractivity contribution in [3.8, 4) is 5.75 Å². The molecule has 0 aliphatic carbocycles. The highest BCUT2D eigenvalue weighted by atomic mass is 35.5. The summed E-state index contributed by atoms with van der Waals surface area (Å²) in [7, 11) is 0. The molecule has 1 N–H and O–H groups in total. The van der Waals surface area contributed by atoms with E-state index >= 15 is 0 Å². The van der Waals surface area contributed by atoms with Gasteiger partial charge in [0.25, 0.3) is 5.91 Å². The van der Waals surface area contributed by atoms with Gasteiger partial charge in [0.1, 0.15) is 18.1 Å². The van der Waals surface area contributed by atoms with Crippen LogP contribution in [0, 0.1) is 6.92 Å². The zero-order valence-corrected chi connectivity index (χ0v) is 16.3. The van der Waals surface area contributed by atoms with Gasteiger partial charge >= 0.3 is 6.18 Å². The lowest BCUT2D eigenvalue weighted by Gasteiger charge is -2.12. The van der Waals surface area contributed by atoms with Gasteiger partial charge in [-0.05, 0) is 37.3 Å². The SMILES string of the molecule is Cc1onc(C(=O)Nc2cc(C(F)(F)F)ccc2Cl)c1COc1ccccc1Cl. The van der Waals surface area contributed by atoms with Gasteiger partial charge < -0.3 is 14.6 Å². The first-order valence-electron chi connectivity index (χ1n) is 8.17. The average Bonchev–Trinajstić information content (AvgIpc) is 3.02. The molecular weight excluding hydrogens is 432 g/mol. The molecule has 0 saturated heterocycles. The maximum absolute atomic E-state index is 12.9. The standard InChI is InChI=1S/C19H13Cl2F3N2O3/c1-10-12(9-28-16-5-3-2-4-14(16)21)17(26-29-10)18(27)25-15-8-11(19(22,23)24)6-7-13(15)20/h2-8H,9H2,1H3,(H,25,27). The molecule has 0 bridgehead atoms. The number of carbonyl (C=O) groups excluding carboxylic acids is 1. The van der Waals surface area contributed by atoms with Crippen LogP contribution >= 0.6 is 23.2 Å². The Labute approximate surface area is 173 Å². The number of hydrogen-bond acceptors (Lipinski definition) is 4. The number of hydrogen-bond donors (Lipinski definition) is 1. The van der Waals surface area contributed by atoms with E-state index in [1.807, 2.05) is 0 Å². The van der Waals surface area contributed by atoms with E-state index in [0.29, 0.717) is 22.1 Å². The fraction of sp³-hybridized carbons (Fsp3) is 0.158. The second-order valence-electron chi connectivity index (χ2n) is 5.93. The molecule has 0 aliphatic rings. The van der Waals surface area contributed by atoms with E-state index in [-0.39, 0.29) is 23.0 Å². The van der Waals surface area contributed by atoms with Crippen LogP contribution in [-0.2, 0) is 12.8 Å². The predicted octanol–water partition coefficient (Wildman–Crippen LogP) is 6.14. The van der Waals surface area contributed by atoms with Crippen LogP contribution < -0.4 is 10.1 Å². The minimum Gasteiger partial charge on any atom is -0.487 e. The third-order valence-corrected chi connectivity index (χ3v) is 4.59. The van der Waals surface area contributed by atoms with Crippen LogP contribution in [0.4, 0.5) is 18.9 Å². The van der Waals surface area contributed by atoms with E-state index in [2.05, 4.69) is 10.5 Å². The molecule has 0 atom stereocenters. The van der Waals surface area contributed by atoms with Gasteiger partial charge in [0, 0.05) is 0 Å². The molecule has 3 aromatic rings. The van der Waals surface area contributed by atoms with Gasteiger partial charge in [-0.25, -0.2) is 0 Å². The molecule has 0 spiro atoms. The van der Waals surface area contributed by atoms with Crippen molar-refractivity contribution in [3.05, 3.63) is 75.1 Å². The van der Waals surface area contributed by atoms with Crippen LogP contribution in [-0.4, -0.2) is 11.1 Å². The number of anilines is 1. The Balaban J connectivity index is 1.82. The molecule has 152 valence electrons. The number of nitrogens with one attached hydrogen (secondary N) is 1. The first kappa shape index (κ1) is 21.0. The summed E-state index contributed by atoms with van der Waals surface area (Å²) < 4.78 is 49.4. The zero-order valence-electron chi connectivity index (χ0n) is 14.8. The summed E-state index contributed by atoms with van der Waals surface area (Å²) in [5.41, 5.74) is -0.963. The highest BCUT2D eigenvalue weighted by Crippen LogP contribution is 2.34. The summed E-state index contributed by atoms with van der Waals surface area (Å²) in [5.74, 6) is -0.0831. The van der Waals surface area contributed by atoms with Crippen LogP contribution in [0.2, 0.25) is 10.0 Å². The third-order valence-electron chi connectivity index (χ3n) is 3.95. The predicted molar refractivity (Wildman–Crippen MR) is 101 cm³/mol. The topological polar surface area (TPSA) is 64.4 Å². The van der Waals surface area contributed by atoms with Crippen LogP contribution in [0.3, 0.4) is 0 Å². The lowest BCUT2D eigenvalue weighted by molar-refractivity contribution is -0.137. The largest absolute Gasteiger partial charge is 0.487 e. The van der Waals surface area contributed by atoms with Gasteiger partial charge in [-0.15, -0.1) is 0 Å². The number of benzene rings is 2. The summed E-state index contributed by atoms with van der Waals surface area (Å²) in [6.45, 7) is 1.49. The fourth-order valence-electron chi connectivity index (χ4n) is 2.43. The Hall–Kier alpha value is -2.71. The van der Waals surface area contributed by atoms with Crippen LogP contribution in [0.1, 0.15) is 27.4 Å². The fourth-order valence-corrected chi connectivity index (χ4v) is 2.79. The molecule has 5 nitrogen and oxygen atoms in total. The quantitative estimate of drug-likeness (QED) is 0.513. The van der Waals surface area contributed by atoms with E-state index in [1.165, 1.54) is 0 Å². The number of amides is 1. The van der Waals surface area contributed by atoms with E-state index in [0.717, 1.165) is 18.2 Å². The summed E-state index contributed by atoms with van der Waals surface area (Å²) >= 11 is 11.9. The van der Waals surface area contributed by atoms with Crippen molar-refractivity contribution < 1.29 is 27.2 Å². The van der Waals surface area contributed by atoms with Gasteiger partial charge in [0.05, 0.1) is 26.9 Å². The maximum Gasteiger partial charge on any atom is 0.416 e. The van der Waals surface area contributed by atoms with Crippen LogP contribution in [0.15, 0.2) is 47.0 Å². The summed E-state index contributed by atoms with van der Waals surface area (Å²) in [4.78, 5) is 12.6. The molecule has 0 radical (unpaired) electrons. The Morgan fingerprint density at radius 2 is 1.90 bits per heavy atom. The van der Waals surface area contributed by atoms with Gasteiger partial charge in [0.2, 0.25) is 0 Å². The second kappa shape index (κ2) is 8.34. The highest BCUT2D eigenvalue weighted by Gasteiger charge is 2.31. The number of aromatic nitrogens is 1. The number of nitrogens with zero attached hydrogens (tertiary/aromatic N) is 1. The molecule has 29 heavy (non-hydrogen) atoms. The van der Waals surface area contributed by atoms with Crippen molar-refractivity contribution in [2.45, 2.75) is 19.7 Å². The Bertz CT molecular complexity index is 1050. The molecule has 0 unspecified atom stereocenters. The molecule has 0 saturated carbocycles.